The van der Waals surface area contributed by atoms with Gasteiger partial charge in [-0.25, -0.2) is 22.4 Å². The Labute approximate surface area is 155 Å². The number of nitrogens with zero attached hydrogens (tertiary/aromatic N) is 1. The van der Waals surface area contributed by atoms with Crippen LogP contribution in [0, 0.1) is 23.4 Å². The second kappa shape index (κ2) is 7.58. The molecule has 1 N–H and O–H groups in total. The van der Waals surface area contributed by atoms with Crippen LogP contribution in [-0.4, -0.2) is 36.7 Å². The molecular formula is C20H20F4N2O. The third-order valence-corrected chi connectivity index (χ3v) is 5.15. The molecule has 1 aliphatic rings. The molecule has 2 aromatic rings. The first-order valence-corrected chi connectivity index (χ1v) is 8.68. The van der Waals surface area contributed by atoms with Gasteiger partial charge in [0.05, 0.1) is 6.54 Å². The van der Waals surface area contributed by atoms with Crippen molar-refractivity contribution in [3.8, 4) is 11.1 Å². The molecular weight excluding hydrogens is 360 g/mol. The third-order valence-electron chi connectivity index (χ3n) is 5.15. The van der Waals surface area contributed by atoms with E-state index in [1.54, 1.807) is 6.92 Å². The van der Waals surface area contributed by atoms with E-state index >= 15 is 4.39 Å². The average molecular weight is 380 g/mol. The predicted octanol–water partition coefficient (Wildman–Crippen LogP) is 4.31. The molecule has 1 heterocycles. The summed E-state index contributed by atoms with van der Waals surface area (Å²) in [5, 5.41) is 2.46. The fraction of sp³-hybridized carbons (Fsp3) is 0.350. The van der Waals surface area contributed by atoms with E-state index < -0.39 is 41.6 Å². The Hall–Kier alpha value is -2.57. The first-order valence-electron chi connectivity index (χ1n) is 8.68. The highest BCUT2D eigenvalue weighted by Crippen LogP contribution is 2.33. The quantitative estimate of drug-likeness (QED) is 0.791. The summed E-state index contributed by atoms with van der Waals surface area (Å²) in [6.07, 6.45) is -1.13. The topological polar surface area (TPSA) is 32.3 Å². The van der Waals surface area contributed by atoms with Crippen molar-refractivity contribution in [2.24, 2.45) is 5.92 Å². The van der Waals surface area contributed by atoms with Gasteiger partial charge in [-0.15, -0.1) is 0 Å². The van der Waals surface area contributed by atoms with Gasteiger partial charge in [0.15, 0.2) is 0 Å². The Balaban J connectivity index is 1.96. The number of likely N-dealkylation sites (tertiary alicyclic amines) is 1. The van der Waals surface area contributed by atoms with Crippen molar-refractivity contribution in [2.45, 2.75) is 25.6 Å². The number of benzene rings is 2. The summed E-state index contributed by atoms with van der Waals surface area (Å²) >= 11 is 0. The zero-order valence-corrected chi connectivity index (χ0v) is 15.0. The van der Waals surface area contributed by atoms with Crippen molar-refractivity contribution < 1.29 is 22.4 Å². The van der Waals surface area contributed by atoms with Crippen LogP contribution in [0.5, 0.6) is 0 Å². The number of urea groups is 1. The van der Waals surface area contributed by atoms with Crippen LogP contribution in [0.3, 0.4) is 0 Å². The molecule has 0 bridgehead atoms. The summed E-state index contributed by atoms with van der Waals surface area (Å²) in [5.41, 5.74) is -0.0326. The molecule has 0 radical (unpaired) electrons. The van der Waals surface area contributed by atoms with Gasteiger partial charge in [-0.3, -0.25) is 0 Å². The van der Waals surface area contributed by atoms with Crippen molar-refractivity contribution in [1.82, 2.24) is 10.2 Å². The molecule has 2 amide bonds. The van der Waals surface area contributed by atoms with Gasteiger partial charge in [-0.1, -0.05) is 25.1 Å². The second-order valence-electron chi connectivity index (χ2n) is 6.76. The van der Waals surface area contributed by atoms with E-state index in [4.69, 9.17) is 0 Å². The predicted molar refractivity (Wildman–Crippen MR) is 94.5 cm³/mol. The van der Waals surface area contributed by atoms with Crippen molar-refractivity contribution in [3.05, 3.63) is 59.4 Å². The molecule has 144 valence electrons. The van der Waals surface area contributed by atoms with Crippen LogP contribution < -0.4 is 5.32 Å². The van der Waals surface area contributed by atoms with Crippen LogP contribution in [0.25, 0.3) is 11.1 Å². The van der Waals surface area contributed by atoms with Gasteiger partial charge in [-0.05, 0) is 30.2 Å². The molecule has 3 atom stereocenters. The van der Waals surface area contributed by atoms with E-state index in [1.165, 1.54) is 30.1 Å². The van der Waals surface area contributed by atoms with Crippen molar-refractivity contribution in [1.29, 1.82) is 0 Å². The Bertz CT molecular complexity index is 858. The Morgan fingerprint density at radius 2 is 1.93 bits per heavy atom. The van der Waals surface area contributed by atoms with E-state index in [1.807, 2.05) is 0 Å². The van der Waals surface area contributed by atoms with Gasteiger partial charge in [-0.2, -0.15) is 0 Å². The lowest BCUT2D eigenvalue weighted by atomic mass is 9.92. The highest BCUT2D eigenvalue weighted by Gasteiger charge is 2.41. The first-order chi connectivity index (χ1) is 12.8. The number of hydrogen-bond acceptors (Lipinski definition) is 1. The summed E-state index contributed by atoms with van der Waals surface area (Å²) in [6, 6.07) is 6.28. The summed E-state index contributed by atoms with van der Waals surface area (Å²) in [6.45, 7) is 1.61. The number of hydrogen-bond donors (Lipinski definition) is 1. The molecule has 1 saturated heterocycles. The monoisotopic (exact) mass is 380 g/mol. The molecule has 3 rings (SSSR count). The van der Waals surface area contributed by atoms with Gasteiger partial charge in [0.1, 0.15) is 23.6 Å². The smallest absolute Gasteiger partial charge is 0.317 e. The minimum absolute atomic E-state index is 0.0641. The van der Waals surface area contributed by atoms with Crippen LogP contribution >= 0.6 is 0 Å². The van der Waals surface area contributed by atoms with Crippen LogP contribution in [0.4, 0.5) is 22.4 Å². The molecule has 3 nitrogen and oxygen atoms in total. The number of amides is 2. The maximum absolute atomic E-state index is 15.1. The van der Waals surface area contributed by atoms with E-state index in [2.05, 4.69) is 5.32 Å². The SMILES string of the molecule is CNC(=O)N1C[C@H](F)[C@H](C)[C@@H]1Cc1cccc(-c2cc(F)ccc2F)c1F. The maximum atomic E-state index is 15.1. The second-order valence-corrected chi connectivity index (χ2v) is 6.76. The largest absolute Gasteiger partial charge is 0.341 e. The number of carbonyl (C=O) groups excluding carboxylic acids is 1. The molecule has 0 aliphatic carbocycles. The molecule has 0 saturated carbocycles. The Morgan fingerprint density at radius 1 is 1.19 bits per heavy atom. The van der Waals surface area contributed by atoms with E-state index in [0.717, 1.165) is 18.2 Å². The number of halogens is 4. The Kier molecular flexibility index (Phi) is 5.39. The summed E-state index contributed by atoms with van der Waals surface area (Å²) in [4.78, 5) is 13.4. The van der Waals surface area contributed by atoms with Crippen molar-refractivity contribution in [3.63, 3.8) is 0 Å². The number of alkyl halides is 1. The fourth-order valence-corrected chi connectivity index (χ4v) is 3.56. The molecule has 1 fully saturated rings. The normalized spacial score (nSPS) is 22.1. The van der Waals surface area contributed by atoms with Crippen molar-refractivity contribution in [2.75, 3.05) is 13.6 Å². The first kappa shape index (κ1) is 19.2. The fourth-order valence-electron chi connectivity index (χ4n) is 3.56. The maximum Gasteiger partial charge on any atom is 0.317 e. The minimum Gasteiger partial charge on any atom is -0.341 e. The summed E-state index contributed by atoms with van der Waals surface area (Å²) in [7, 11) is 1.45. The molecule has 0 aromatic heterocycles. The third kappa shape index (κ3) is 3.63. The van der Waals surface area contributed by atoms with Gasteiger partial charge in [0.2, 0.25) is 0 Å². The van der Waals surface area contributed by atoms with Gasteiger partial charge < -0.3 is 10.2 Å². The van der Waals surface area contributed by atoms with Crippen LogP contribution in [-0.2, 0) is 6.42 Å². The van der Waals surface area contributed by atoms with Gasteiger partial charge >= 0.3 is 6.03 Å². The molecule has 27 heavy (non-hydrogen) atoms. The molecule has 7 heteroatoms. The van der Waals surface area contributed by atoms with Crippen LogP contribution in [0.2, 0.25) is 0 Å². The van der Waals surface area contributed by atoms with Gasteiger partial charge in [0, 0.05) is 30.1 Å². The molecule has 1 aliphatic heterocycles. The number of carbonyl (C=O) groups is 1. The highest BCUT2D eigenvalue weighted by atomic mass is 19.1. The van der Waals surface area contributed by atoms with Crippen LogP contribution in [0.15, 0.2) is 36.4 Å². The zero-order chi connectivity index (χ0) is 19.7. The zero-order valence-electron chi connectivity index (χ0n) is 15.0. The van der Waals surface area contributed by atoms with Crippen molar-refractivity contribution >= 4 is 6.03 Å². The lowest BCUT2D eigenvalue weighted by molar-refractivity contribution is 0.188. The summed E-state index contributed by atoms with van der Waals surface area (Å²) < 4.78 is 56.7. The average Bonchev–Trinajstić information content (AvgIpc) is 2.93. The standard InChI is InChI=1S/C20H20F4N2O/c1-11-17(23)10-26(20(27)25-2)18(11)8-12-4-3-5-14(19(12)24)15-9-13(21)6-7-16(15)22/h3-7,9,11,17-18H,8,10H2,1-2H3,(H,25,27)/t11-,17-,18-/m0/s1. The van der Waals surface area contributed by atoms with E-state index in [0.29, 0.717) is 0 Å². The highest BCUT2D eigenvalue weighted by molar-refractivity contribution is 5.74. The van der Waals surface area contributed by atoms with E-state index in [-0.39, 0.29) is 29.7 Å². The number of nitrogens with one attached hydrogen (secondary N) is 1. The molecule has 0 unspecified atom stereocenters. The molecule has 2 aromatic carbocycles. The minimum atomic E-state index is -1.21. The lowest BCUT2D eigenvalue weighted by Gasteiger charge is -2.26. The van der Waals surface area contributed by atoms with Gasteiger partial charge in [0.25, 0.3) is 0 Å². The number of rotatable bonds is 3. The Morgan fingerprint density at radius 3 is 2.63 bits per heavy atom. The lowest BCUT2D eigenvalue weighted by Crippen LogP contribution is -2.43. The summed E-state index contributed by atoms with van der Waals surface area (Å²) in [5.74, 6) is -2.59. The van der Waals surface area contributed by atoms with Crippen LogP contribution in [0.1, 0.15) is 12.5 Å². The van der Waals surface area contributed by atoms with E-state index in [9.17, 15) is 18.0 Å². The molecule has 0 spiro atoms.